The van der Waals surface area contributed by atoms with E-state index in [9.17, 15) is 9.18 Å². The van der Waals surface area contributed by atoms with Gasteiger partial charge in [0.25, 0.3) is 5.91 Å². The minimum Gasteiger partial charge on any atom is -0.318 e. The van der Waals surface area contributed by atoms with E-state index in [2.05, 4.69) is 36.9 Å². The Morgan fingerprint density at radius 2 is 2.12 bits per heavy atom. The molecule has 1 aliphatic rings. The summed E-state index contributed by atoms with van der Waals surface area (Å²) in [5, 5.41) is 13.9. The zero-order valence-corrected chi connectivity index (χ0v) is 15.5. The zero-order valence-electron chi connectivity index (χ0n) is 13.1. The van der Waals surface area contributed by atoms with E-state index in [0.29, 0.717) is 10.2 Å². The van der Waals surface area contributed by atoms with Crippen molar-refractivity contribution >= 4 is 39.9 Å². The van der Waals surface area contributed by atoms with E-state index in [-0.39, 0.29) is 29.8 Å². The second kappa shape index (κ2) is 8.04. The molecule has 1 aliphatic heterocycles. The number of anilines is 1. The highest BCUT2D eigenvalue weighted by molar-refractivity contribution is 9.10. The molecule has 1 amide bonds. The molecule has 0 unspecified atom stereocenters. The molecule has 0 bridgehead atoms. The van der Waals surface area contributed by atoms with E-state index in [0.717, 1.165) is 25.9 Å². The Balaban J connectivity index is 0.00000208. The van der Waals surface area contributed by atoms with Crippen LogP contribution in [0.5, 0.6) is 0 Å². The van der Waals surface area contributed by atoms with Crippen molar-refractivity contribution in [2.45, 2.75) is 25.8 Å². The molecule has 6 nitrogen and oxygen atoms in total. The second-order valence-corrected chi connectivity index (χ2v) is 6.44. The van der Waals surface area contributed by atoms with E-state index in [1.807, 2.05) is 6.92 Å². The van der Waals surface area contributed by atoms with Gasteiger partial charge in [0.2, 0.25) is 0 Å². The normalized spacial score (nSPS) is 15.0. The number of rotatable bonds is 3. The van der Waals surface area contributed by atoms with Crippen LogP contribution in [0.3, 0.4) is 0 Å². The van der Waals surface area contributed by atoms with Gasteiger partial charge in [-0.05, 0) is 51.1 Å². The highest BCUT2D eigenvalue weighted by Crippen LogP contribution is 2.22. The van der Waals surface area contributed by atoms with Crippen molar-refractivity contribution in [1.82, 2.24) is 20.3 Å². The van der Waals surface area contributed by atoms with Crippen LogP contribution in [-0.4, -0.2) is 34.0 Å². The highest BCUT2D eigenvalue weighted by Gasteiger charge is 2.23. The van der Waals surface area contributed by atoms with Crippen LogP contribution in [-0.2, 0) is 0 Å². The van der Waals surface area contributed by atoms with Gasteiger partial charge < -0.3 is 10.6 Å². The molecular weight excluding hydrogens is 401 g/mol. The van der Waals surface area contributed by atoms with Gasteiger partial charge >= 0.3 is 0 Å². The lowest BCUT2D eigenvalue weighted by molar-refractivity contribution is 0.102. The molecule has 2 aromatic rings. The predicted octanol–water partition coefficient (Wildman–Crippen LogP) is 3.09. The van der Waals surface area contributed by atoms with Crippen LogP contribution in [0.4, 0.5) is 10.1 Å². The van der Waals surface area contributed by atoms with Gasteiger partial charge in [0.15, 0.2) is 5.69 Å². The fourth-order valence-corrected chi connectivity index (χ4v) is 3.05. The van der Waals surface area contributed by atoms with E-state index in [1.165, 1.54) is 12.1 Å². The maximum absolute atomic E-state index is 13.8. The molecular formula is C15H18BrClFN5O. The van der Waals surface area contributed by atoms with Crippen LogP contribution in [0.15, 0.2) is 22.7 Å². The number of hydrogen-bond donors (Lipinski definition) is 2. The molecule has 3 rings (SSSR count). The summed E-state index contributed by atoms with van der Waals surface area (Å²) in [4.78, 5) is 12.4. The lowest BCUT2D eigenvalue weighted by Gasteiger charge is -2.23. The summed E-state index contributed by atoms with van der Waals surface area (Å²) in [6, 6.07) is 4.71. The molecule has 1 fully saturated rings. The van der Waals surface area contributed by atoms with Gasteiger partial charge in [-0.25, -0.2) is 9.07 Å². The van der Waals surface area contributed by atoms with Gasteiger partial charge in [-0.3, -0.25) is 4.79 Å². The van der Waals surface area contributed by atoms with Gasteiger partial charge in [0, 0.05) is 4.47 Å². The topological polar surface area (TPSA) is 71.8 Å². The van der Waals surface area contributed by atoms with Crippen LogP contribution in [0.2, 0.25) is 0 Å². The summed E-state index contributed by atoms with van der Waals surface area (Å²) >= 11 is 3.18. The first-order valence-corrected chi connectivity index (χ1v) is 8.24. The van der Waals surface area contributed by atoms with Crippen LogP contribution < -0.4 is 10.6 Å². The molecule has 24 heavy (non-hydrogen) atoms. The van der Waals surface area contributed by atoms with Crippen LogP contribution in [0.25, 0.3) is 0 Å². The number of piperidine rings is 1. The molecule has 1 saturated heterocycles. The third-order valence-electron chi connectivity index (χ3n) is 3.98. The second-order valence-electron chi connectivity index (χ2n) is 5.53. The summed E-state index contributed by atoms with van der Waals surface area (Å²) in [7, 11) is 0. The number of nitrogens with one attached hydrogen (secondary N) is 2. The van der Waals surface area contributed by atoms with Crippen molar-refractivity contribution in [2.24, 2.45) is 0 Å². The van der Waals surface area contributed by atoms with Crippen molar-refractivity contribution < 1.29 is 9.18 Å². The monoisotopic (exact) mass is 417 g/mol. The maximum Gasteiger partial charge on any atom is 0.278 e. The standard InChI is InChI=1S/C15H17BrFN5O.ClH/c1-9-14(20-21-22(9)11-4-6-18-7-5-11)15(23)19-13-3-2-10(16)8-12(13)17;/h2-3,8,11,18H,4-7H2,1H3,(H,19,23);1H. The van der Waals surface area contributed by atoms with E-state index in [1.54, 1.807) is 10.7 Å². The highest BCUT2D eigenvalue weighted by atomic mass is 79.9. The number of halogens is 3. The molecule has 0 spiro atoms. The van der Waals surface area contributed by atoms with Gasteiger partial charge in [0.05, 0.1) is 17.4 Å². The number of benzene rings is 1. The molecule has 0 atom stereocenters. The quantitative estimate of drug-likeness (QED) is 0.803. The van der Waals surface area contributed by atoms with Gasteiger partial charge in [-0.15, -0.1) is 17.5 Å². The van der Waals surface area contributed by atoms with E-state index in [4.69, 9.17) is 0 Å². The molecule has 0 radical (unpaired) electrons. The van der Waals surface area contributed by atoms with E-state index >= 15 is 0 Å². The summed E-state index contributed by atoms with van der Waals surface area (Å²) in [5.74, 6) is -0.958. The third kappa shape index (κ3) is 3.93. The Morgan fingerprint density at radius 3 is 2.79 bits per heavy atom. The number of hydrogen-bond acceptors (Lipinski definition) is 4. The average Bonchev–Trinajstić information content (AvgIpc) is 2.92. The Morgan fingerprint density at radius 1 is 1.42 bits per heavy atom. The third-order valence-corrected chi connectivity index (χ3v) is 4.47. The molecule has 1 aromatic carbocycles. The Labute approximate surface area is 153 Å². The van der Waals surface area contributed by atoms with Gasteiger partial charge in [-0.2, -0.15) is 0 Å². The van der Waals surface area contributed by atoms with Crippen LogP contribution >= 0.6 is 28.3 Å². The molecule has 130 valence electrons. The number of nitrogens with zero attached hydrogens (tertiary/aromatic N) is 3. The maximum atomic E-state index is 13.8. The zero-order chi connectivity index (χ0) is 16.4. The minimum atomic E-state index is -0.504. The first kappa shape index (κ1) is 18.8. The van der Waals surface area contributed by atoms with E-state index < -0.39 is 11.7 Å². The van der Waals surface area contributed by atoms with Crippen molar-refractivity contribution in [3.63, 3.8) is 0 Å². The molecule has 9 heteroatoms. The van der Waals surface area contributed by atoms with Crippen molar-refractivity contribution in [3.8, 4) is 0 Å². The first-order valence-electron chi connectivity index (χ1n) is 7.45. The fraction of sp³-hybridized carbons (Fsp3) is 0.400. The average molecular weight is 419 g/mol. The van der Waals surface area contributed by atoms with Gasteiger partial charge in [0.1, 0.15) is 5.82 Å². The van der Waals surface area contributed by atoms with Crippen LogP contribution in [0.1, 0.15) is 35.1 Å². The van der Waals surface area contributed by atoms with Crippen molar-refractivity contribution in [3.05, 3.63) is 39.9 Å². The summed E-state index contributed by atoms with van der Waals surface area (Å²) in [5.41, 5.74) is 1.05. The molecule has 0 saturated carbocycles. The summed E-state index contributed by atoms with van der Waals surface area (Å²) in [6.45, 7) is 3.67. The van der Waals surface area contributed by atoms with Crippen molar-refractivity contribution in [1.29, 1.82) is 0 Å². The Bertz CT molecular complexity index is 733. The molecule has 1 aromatic heterocycles. The minimum absolute atomic E-state index is 0. The predicted molar refractivity (Wildman–Crippen MR) is 95.2 cm³/mol. The molecule has 2 N–H and O–H groups in total. The number of aromatic nitrogens is 3. The number of amides is 1. The number of carbonyl (C=O) groups is 1. The Hall–Kier alpha value is -1.51. The molecule has 0 aliphatic carbocycles. The van der Waals surface area contributed by atoms with Crippen LogP contribution in [0, 0.1) is 12.7 Å². The molecule has 2 heterocycles. The largest absolute Gasteiger partial charge is 0.318 e. The van der Waals surface area contributed by atoms with Crippen molar-refractivity contribution in [2.75, 3.05) is 18.4 Å². The number of carbonyl (C=O) groups excluding carboxylic acids is 1. The lowest BCUT2D eigenvalue weighted by Crippen LogP contribution is -2.30. The first-order chi connectivity index (χ1) is 11.1. The SMILES string of the molecule is Cc1c(C(=O)Nc2ccc(Br)cc2F)nnn1C1CCNCC1.Cl. The Kier molecular flexibility index (Phi) is 6.31. The van der Waals surface area contributed by atoms with Gasteiger partial charge in [-0.1, -0.05) is 21.1 Å². The fourth-order valence-electron chi connectivity index (χ4n) is 2.72. The lowest BCUT2D eigenvalue weighted by atomic mass is 10.1. The smallest absolute Gasteiger partial charge is 0.278 e. The summed E-state index contributed by atoms with van der Waals surface area (Å²) < 4.78 is 16.2. The summed E-state index contributed by atoms with van der Waals surface area (Å²) in [6.07, 6.45) is 1.90.